The van der Waals surface area contributed by atoms with Crippen LogP contribution >= 0.6 is 0 Å². The zero-order valence-corrected chi connectivity index (χ0v) is 26.0. The average Bonchev–Trinajstić information content (AvgIpc) is 3.78. The Morgan fingerprint density at radius 3 is 1.75 bits per heavy atom. The summed E-state index contributed by atoms with van der Waals surface area (Å²) in [5, 5.41) is 5.02. The number of nitrogens with zero attached hydrogens (tertiary/aromatic N) is 3. The van der Waals surface area contributed by atoms with Crippen molar-refractivity contribution in [2.24, 2.45) is 34.4 Å². The van der Waals surface area contributed by atoms with E-state index in [1.54, 1.807) is 36.4 Å². The molecule has 13 heteroatoms. The Kier molecular flexibility index (Phi) is 9.33. The summed E-state index contributed by atoms with van der Waals surface area (Å²) in [6, 6.07) is 17.4. The van der Waals surface area contributed by atoms with Crippen LogP contribution in [0.2, 0.25) is 0 Å². The van der Waals surface area contributed by atoms with Gasteiger partial charge in [-0.2, -0.15) is 0 Å². The number of ether oxygens (including phenoxy) is 2. The van der Waals surface area contributed by atoms with Gasteiger partial charge in [0.05, 0.1) is 61.2 Å². The summed E-state index contributed by atoms with van der Waals surface area (Å²) in [5.41, 5.74) is 7.24. The van der Waals surface area contributed by atoms with Crippen LogP contribution in [0.4, 0.5) is 10.5 Å². The quantitative estimate of drug-likeness (QED) is 0.151. The molecule has 0 saturated carbocycles. The predicted octanol–water partition coefficient (Wildman–Crippen LogP) is 1.99. The first kappa shape index (κ1) is 32.5. The molecular formula is C35H36N6O7. The summed E-state index contributed by atoms with van der Waals surface area (Å²) < 4.78 is 12.1. The van der Waals surface area contributed by atoms with Crippen molar-refractivity contribution < 1.29 is 33.4 Å². The van der Waals surface area contributed by atoms with E-state index in [4.69, 9.17) is 15.2 Å². The molecule has 2 aromatic rings. The number of likely N-dealkylation sites (tertiary alicyclic amines) is 2. The maximum absolute atomic E-state index is 13.6. The normalized spacial score (nSPS) is 29.8. The molecule has 4 aliphatic heterocycles. The Morgan fingerprint density at radius 1 is 0.750 bits per heavy atom. The van der Waals surface area contributed by atoms with Crippen molar-refractivity contribution >= 4 is 41.3 Å². The number of benzene rings is 2. The molecule has 4 N–H and O–H groups in total. The van der Waals surface area contributed by atoms with Crippen LogP contribution in [0.1, 0.15) is 5.56 Å². The molecule has 0 aliphatic carbocycles. The van der Waals surface area contributed by atoms with Crippen molar-refractivity contribution in [3.05, 3.63) is 104 Å². The third-order valence-corrected chi connectivity index (χ3v) is 9.04. The number of amides is 6. The van der Waals surface area contributed by atoms with Gasteiger partial charge in [0.1, 0.15) is 0 Å². The predicted molar refractivity (Wildman–Crippen MR) is 175 cm³/mol. The van der Waals surface area contributed by atoms with Gasteiger partial charge in [0.2, 0.25) is 23.6 Å². The van der Waals surface area contributed by atoms with Crippen molar-refractivity contribution in [2.45, 2.75) is 31.0 Å². The summed E-state index contributed by atoms with van der Waals surface area (Å²) in [6.45, 7) is 7.66. The van der Waals surface area contributed by atoms with Gasteiger partial charge in [-0.05, 0) is 17.7 Å². The number of rotatable bonds is 10. The standard InChI is InChI=1S/C35H36N6O7/c1-3-22-26-28(31(43)40(30(26)42)18-17-37-34(36)39-35(46)38-21-13-9-6-10-14-21)24(47-22)15-16-25-29-27(23(4-2)48-25)32(44)41(33(29)45)19-20-11-7-5-8-12-20/h3-16,22-29H,1-2,17-19H2,(H4,36,37,38,39,46)/b16-15-. The van der Waals surface area contributed by atoms with Crippen molar-refractivity contribution in [3.8, 4) is 0 Å². The van der Waals surface area contributed by atoms with Crippen molar-refractivity contribution in [2.75, 3.05) is 18.4 Å². The molecule has 0 radical (unpaired) electrons. The molecule has 4 saturated heterocycles. The number of imide groups is 2. The number of guanidine groups is 1. The molecule has 4 aliphatic rings. The van der Waals surface area contributed by atoms with E-state index in [2.05, 4.69) is 28.8 Å². The number of anilines is 1. The highest BCUT2D eigenvalue weighted by atomic mass is 16.5. The number of carbonyl (C=O) groups excluding carboxylic acids is 5. The van der Waals surface area contributed by atoms with Crippen LogP contribution < -0.4 is 16.4 Å². The van der Waals surface area contributed by atoms with Gasteiger partial charge < -0.3 is 20.5 Å². The molecule has 0 aromatic heterocycles. The Hall–Kier alpha value is -5.40. The second kappa shape index (κ2) is 13.8. The Bertz CT molecular complexity index is 1680. The molecule has 2 aromatic carbocycles. The van der Waals surface area contributed by atoms with E-state index in [1.165, 1.54) is 17.1 Å². The highest BCUT2D eigenvalue weighted by molar-refractivity contribution is 6.07. The monoisotopic (exact) mass is 652 g/mol. The summed E-state index contributed by atoms with van der Waals surface area (Å²) in [4.78, 5) is 72.5. The fourth-order valence-corrected chi connectivity index (χ4v) is 6.84. The number of urea groups is 1. The van der Waals surface area contributed by atoms with Crippen LogP contribution in [0.25, 0.3) is 0 Å². The largest absolute Gasteiger partial charge is 0.370 e. The van der Waals surface area contributed by atoms with Crippen molar-refractivity contribution in [3.63, 3.8) is 0 Å². The number of hydrogen-bond acceptors (Lipinski definition) is 8. The van der Waals surface area contributed by atoms with E-state index in [9.17, 15) is 24.0 Å². The van der Waals surface area contributed by atoms with Crippen LogP contribution in [-0.2, 0) is 35.2 Å². The molecule has 0 spiro atoms. The minimum atomic E-state index is -0.837. The minimum absolute atomic E-state index is 0.0357. The van der Waals surface area contributed by atoms with Crippen LogP contribution in [0, 0.1) is 23.7 Å². The number of aliphatic imine (C=N–C) groups is 1. The van der Waals surface area contributed by atoms with E-state index >= 15 is 0 Å². The van der Waals surface area contributed by atoms with E-state index in [1.807, 2.05) is 36.4 Å². The second-order valence-electron chi connectivity index (χ2n) is 11.9. The van der Waals surface area contributed by atoms with Crippen LogP contribution in [0.3, 0.4) is 0 Å². The Morgan fingerprint density at radius 2 is 1.23 bits per heavy atom. The summed E-state index contributed by atoms with van der Waals surface area (Å²) in [5.74, 6) is -4.82. The number of nitrogens with two attached hydrogens (primary N) is 1. The lowest BCUT2D eigenvalue weighted by molar-refractivity contribution is -0.144. The Labute approximate surface area is 277 Å². The van der Waals surface area contributed by atoms with E-state index < -0.39 is 65.9 Å². The maximum atomic E-state index is 13.6. The summed E-state index contributed by atoms with van der Waals surface area (Å²) in [6.07, 6.45) is 3.31. The van der Waals surface area contributed by atoms with E-state index in [-0.39, 0.29) is 37.4 Å². The lowest BCUT2D eigenvalue weighted by Gasteiger charge is -2.20. The number of carbonyl (C=O) groups is 5. The third kappa shape index (κ3) is 6.17. The van der Waals surface area contributed by atoms with Crippen LogP contribution in [-0.4, -0.2) is 82.9 Å². The average molecular weight is 653 g/mol. The second-order valence-corrected chi connectivity index (χ2v) is 11.9. The van der Waals surface area contributed by atoms with Gasteiger partial charge in [0.15, 0.2) is 5.96 Å². The minimum Gasteiger partial charge on any atom is -0.370 e. The third-order valence-electron chi connectivity index (χ3n) is 9.04. The first-order valence-corrected chi connectivity index (χ1v) is 15.6. The zero-order chi connectivity index (χ0) is 33.9. The van der Waals surface area contributed by atoms with Gasteiger partial charge in [-0.1, -0.05) is 72.8 Å². The number of para-hydroxylation sites is 1. The van der Waals surface area contributed by atoms with Gasteiger partial charge in [-0.25, -0.2) is 4.79 Å². The van der Waals surface area contributed by atoms with Gasteiger partial charge in [0.25, 0.3) is 0 Å². The first-order chi connectivity index (χ1) is 23.2. The lowest BCUT2D eigenvalue weighted by atomic mass is 9.87. The smallest absolute Gasteiger partial charge is 0.325 e. The van der Waals surface area contributed by atoms with Gasteiger partial charge in [-0.15, -0.1) is 13.2 Å². The molecule has 13 nitrogen and oxygen atoms in total. The lowest BCUT2D eigenvalue weighted by Crippen LogP contribution is -2.41. The topological polar surface area (TPSA) is 173 Å². The SMILES string of the molecule is C=CC1OC(/C=C\C2OC(C=C)C3C(=O)N(Cc4ccccc4)C(=O)C23)C2C(=O)N(CCN=C(N)NC(=O)Nc3ccccc3)C(=O)C12. The zero-order valence-electron chi connectivity index (χ0n) is 26.0. The first-order valence-electron chi connectivity index (χ1n) is 15.6. The number of nitrogens with one attached hydrogen (secondary N) is 2. The maximum Gasteiger partial charge on any atom is 0.325 e. The van der Waals surface area contributed by atoms with Gasteiger partial charge in [-0.3, -0.25) is 39.3 Å². The molecule has 8 atom stereocenters. The molecule has 8 unspecified atom stereocenters. The van der Waals surface area contributed by atoms with Gasteiger partial charge in [0, 0.05) is 12.2 Å². The summed E-state index contributed by atoms with van der Waals surface area (Å²) in [7, 11) is 0. The molecule has 4 fully saturated rings. The van der Waals surface area contributed by atoms with Crippen LogP contribution in [0.15, 0.2) is 103 Å². The van der Waals surface area contributed by atoms with E-state index in [0.29, 0.717) is 5.69 Å². The highest BCUT2D eigenvalue weighted by Crippen LogP contribution is 2.44. The summed E-state index contributed by atoms with van der Waals surface area (Å²) >= 11 is 0. The Balaban J connectivity index is 1.11. The highest BCUT2D eigenvalue weighted by Gasteiger charge is 2.60. The van der Waals surface area contributed by atoms with Gasteiger partial charge >= 0.3 is 6.03 Å². The van der Waals surface area contributed by atoms with E-state index in [0.717, 1.165) is 10.5 Å². The molecule has 0 bridgehead atoms. The number of hydrogen-bond donors (Lipinski definition) is 3. The molecule has 6 rings (SSSR count). The fraction of sp³-hybridized carbons (Fsp3) is 0.314. The molecule has 248 valence electrons. The van der Waals surface area contributed by atoms with Crippen molar-refractivity contribution in [1.29, 1.82) is 0 Å². The van der Waals surface area contributed by atoms with Crippen LogP contribution in [0.5, 0.6) is 0 Å². The molecular weight excluding hydrogens is 616 g/mol. The van der Waals surface area contributed by atoms with Crippen molar-refractivity contribution in [1.82, 2.24) is 15.1 Å². The number of fused-ring (bicyclic) bond motifs is 2. The molecule has 4 heterocycles. The molecule has 48 heavy (non-hydrogen) atoms. The molecule has 6 amide bonds. The fourth-order valence-electron chi connectivity index (χ4n) is 6.84.